The van der Waals surface area contributed by atoms with E-state index >= 15 is 0 Å². The van der Waals surface area contributed by atoms with E-state index in [1.807, 2.05) is 18.7 Å². The molecule has 0 amide bonds. The number of ether oxygens (including phenoxy) is 1. The van der Waals surface area contributed by atoms with Crippen molar-refractivity contribution in [3.63, 3.8) is 0 Å². The van der Waals surface area contributed by atoms with E-state index in [1.165, 1.54) is 6.42 Å². The molecular formula is C13H26N2O3. The first kappa shape index (κ1) is 15.4. The summed E-state index contributed by atoms with van der Waals surface area (Å²) in [6.07, 6.45) is 3.04. The van der Waals surface area contributed by atoms with Gasteiger partial charge in [0.15, 0.2) is 0 Å². The van der Waals surface area contributed by atoms with E-state index < -0.39 is 0 Å². The summed E-state index contributed by atoms with van der Waals surface area (Å²) in [5, 5.41) is 12.6. The summed E-state index contributed by atoms with van der Waals surface area (Å²) >= 11 is 0. The molecule has 1 aliphatic heterocycles. The van der Waals surface area contributed by atoms with E-state index in [-0.39, 0.29) is 18.6 Å². The Morgan fingerprint density at radius 1 is 1.56 bits per heavy atom. The van der Waals surface area contributed by atoms with Crippen molar-refractivity contribution in [1.82, 2.24) is 10.2 Å². The fourth-order valence-electron chi connectivity index (χ4n) is 2.51. The number of carbonyl (C=O) groups excluding carboxylic acids is 1. The van der Waals surface area contributed by atoms with Crippen LogP contribution in [0.2, 0.25) is 0 Å². The lowest BCUT2D eigenvalue weighted by atomic mass is 10.1. The van der Waals surface area contributed by atoms with Crippen molar-refractivity contribution in [3.8, 4) is 0 Å². The molecule has 1 heterocycles. The summed E-state index contributed by atoms with van der Waals surface area (Å²) in [5.74, 6) is -0.175. The Morgan fingerprint density at radius 3 is 2.83 bits per heavy atom. The Bertz CT molecular complexity index is 242. The van der Waals surface area contributed by atoms with Gasteiger partial charge in [-0.3, -0.25) is 9.69 Å². The second-order valence-electron chi connectivity index (χ2n) is 4.69. The fraction of sp³-hybridized carbons (Fsp3) is 0.923. The SMILES string of the molecule is CCOC(=O)C(CC)N(CCO)CC1CCCN1. The first-order valence-corrected chi connectivity index (χ1v) is 6.97. The van der Waals surface area contributed by atoms with Crippen LogP contribution in [0.1, 0.15) is 33.1 Å². The third-order valence-electron chi connectivity index (χ3n) is 3.39. The standard InChI is InChI=1S/C13H26N2O3/c1-3-12(13(17)18-4-2)15(8-9-16)10-11-6-5-7-14-11/h11-12,14,16H,3-10H2,1-2H3. The van der Waals surface area contributed by atoms with Crippen LogP contribution >= 0.6 is 0 Å². The highest BCUT2D eigenvalue weighted by Gasteiger charge is 2.28. The van der Waals surface area contributed by atoms with Gasteiger partial charge in [-0.05, 0) is 32.7 Å². The second kappa shape index (κ2) is 8.45. The maximum absolute atomic E-state index is 11.9. The molecule has 0 aromatic rings. The van der Waals surface area contributed by atoms with Crippen LogP contribution in [0.15, 0.2) is 0 Å². The summed E-state index contributed by atoms with van der Waals surface area (Å²) in [4.78, 5) is 13.9. The van der Waals surface area contributed by atoms with E-state index in [1.54, 1.807) is 0 Å². The minimum Gasteiger partial charge on any atom is -0.465 e. The summed E-state index contributed by atoms with van der Waals surface area (Å²) < 4.78 is 5.10. The van der Waals surface area contributed by atoms with Gasteiger partial charge in [0.1, 0.15) is 6.04 Å². The summed E-state index contributed by atoms with van der Waals surface area (Å²) in [7, 11) is 0. The zero-order chi connectivity index (χ0) is 13.4. The largest absolute Gasteiger partial charge is 0.465 e. The van der Waals surface area contributed by atoms with E-state index in [9.17, 15) is 4.79 Å². The monoisotopic (exact) mass is 258 g/mol. The van der Waals surface area contributed by atoms with Gasteiger partial charge in [0, 0.05) is 19.1 Å². The normalized spacial score (nSPS) is 21.2. The molecule has 0 saturated carbocycles. The van der Waals surface area contributed by atoms with Crippen LogP contribution in [0.5, 0.6) is 0 Å². The first-order valence-electron chi connectivity index (χ1n) is 6.97. The van der Waals surface area contributed by atoms with Crippen LogP contribution in [0, 0.1) is 0 Å². The lowest BCUT2D eigenvalue weighted by molar-refractivity contribution is -0.150. The molecule has 5 nitrogen and oxygen atoms in total. The van der Waals surface area contributed by atoms with Crippen LogP contribution in [0.25, 0.3) is 0 Å². The molecule has 18 heavy (non-hydrogen) atoms. The molecule has 0 aromatic carbocycles. The third kappa shape index (κ3) is 4.55. The van der Waals surface area contributed by atoms with Gasteiger partial charge in [-0.25, -0.2) is 0 Å². The molecule has 0 spiro atoms. The predicted octanol–water partition coefficient (Wildman–Crippen LogP) is 0.374. The van der Waals surface area contributed by atoms with Crippen LogP contribution in [0.4, 0.5) is 0 Å². The van der Waals surface area contributed by atoms with Gasteiger partial charge in [0.2, 0.25) is 0 Å². The molecule has 0 radical (unpaired) electrons. The molecular weight excluding hydrogens is 232 g/mol. The van der Waals surface area contributed by atoms with E-state index in [4.69, 9.17) is 9.84 Å². The Hall–Kier alpha value is -0.650. The number of rotatable bonds is 8. The molecule has 2 atom stereocenters. The average molecular weight is 258 g/mol. The number of aliphatic hydroxyl groups excluding tert-OH is 1. The fourth-order valence-corrected chi connectivity index (χ4v) is 2.51. The lowest BCUT2D eigenvalue weighted by Gasteiger charge is -2.31. The molecule has 1 rings (SSSR count). The number of hydrogen-bond acceptors (Lipinski definition) is 5. The molecule has 0 bridgehead atoms. The van der Waals surface area contributed by atoms with Crippen molar-refractivity contribution in [2.45, 2.75) is 45.2 Å². The number of nitrogens with one attached hydrogen (secondary N) is 1. The number of nitrogens with zero attached hydrogens (tertiary/aromatic N) is 1. The summed E-state index contributed by atoms with van der Waals surface area (Å²) in [6.45, 7) is 6.65. The van der Waals surface area contributed by atoms with Crippen molar-refractivity contribution in [3.05, 3.63) is 0 Å². The number of hydrogen-bond donors (Lipinski definition) is 2. The average Bonchev–Trinajstić information content (AvgIpc) is 2.83. The number of carbonyl (C=O) groups is 1. The van der Waals surface area contributed by atoms with Crippen molar-refractivity contribution >= 4 is 5.97 Å². The van der Waals surface area contributed by atoms with Crippen molar-refractivity contribution in [1.29, 1.82) is 0 Å². The Balaban J connectivity index is 2.57. The molecule has 1 aliphatic rings. The highest BCUT2D eigenvalue weighted by atomic mass is 16.5. The maximum atomic E-state index is 11.9. The van der Waals surface area contributed by atoms with Crippen LogP contribution in [0.3, 0.4) is 0 Å². The Labute approximate surface area is 109 Å². The molecule has 0 aromatic heterocycles. The number of aliphatic hydroxyl groups is 1. The summed E-state index contributed by atoms with van der Waals surface area (Å²) in [6, 6.07) is 0.194. The van der Waals surface area contributed by atoms with Gasteiger partial charge in [-0.15, -0.1) is 0 Å². The second-order valence-corrected chi connectivity index (χ2v) is 4.69. The van der Waals surface area contributed by atoms with Gasteiger partial charge in [-0.2, -0.15) is 0 Å². The Kier molecular flexibility index (Phi) is 7.23. The third-order valence-corrected chi connectivity index (χ3v) is 3.39. The van der Waals surface area contributed by atoms with Gasteiger partial charge in [-0.1, -0.05) is 6.92 Å². The van der Waals surface area contributed by atoms with Gasteiger partial charge >= 0.3 is 5.97 Å². The minimum atomic E-state index is -0.237. The van der Waals surface area contributed by atoms with Gasteiger partial charge in [0.25, 0.3) is 0 Å². The number of esters is 1. The van der Waals surface area contributed by atoms with E-state index in [0.717, 1.165) is 19.5 Å². The zero-order valence-corrected chi connectivity index (χ0v) is 11.5. The lowest BCUT2D eigenvalue weighted by Crippen LogP contribution is -2.48. The van der Waals surface area contributed by atoms with Crippen LogP contribution < -0.4 is 5.32 Å². The highest BCUT2D eigenvalue weighted by Crippen LogP contribution is 2.12. The predicted molar refractivity (Wildman–Crippen MR) is 70.4 cm³/mol. The van der Waals surface area contributed by atoms with Crippen LogP contribution in [-0.2, 0) is 9.53 Å². The molecule has 106 valence electrons. The summed E-state index contributed by atoms with van der Waals surface area (Å²) in [5.41, 5.74) is 0. The molecule has 2 N–H and O–H groups in total. The van der Waals surface area contributed by atoms with E-state index in [2.05, 4.69) is 5.32 Å². The molecule has 0 aliphatic carbocycles. The van der Waals surface area contributed by atoms with Crippen molar-refractivity contribution in [2.24, 2.45) is 0 Å². The first-order chi connectivity index (χ1) is 8.72. The zero-order valence-electron chi connectivity index (χ0n) is 11.5. The van der Waals surface area contributed by atoms with Crippen molar-refractivity contribution < 1.29 is 14.6 Å². The highest BCUT2D eigenvalue weighted by molar-refractivity contribution is 5.75. The minimum absolute atomic E-state index is 0.0720. The molecule has 5 heteroatoms. The van der Waals surface area contributed by atoms with Crippen molar-refractivity contribution in [2.75, 3.05) is 32.8 Å². The molecule has 1 saturated heterocycles. The topological polar surface area (TPSA) is 61.8 Å². The van der Waals surface area contributed by atoms with Gasteiger partial charge < -0.3 is 15.2 Å². The molecule has 2 unspecified atom stereocenters. The molecule has 1 fully saturated rings. The van der Waals surface area contributed by atoms with Crippen LogP contribution in [-0.4, -0.2) is 60.9 Å². The Morgan fingerprint density at radius 2 is 2.33 bits per heavy atom. The van der Waals surface area contributed by atoms with E-state index in [0.29, 0.717) is 25.6 Å². The van der Waals surface area contributed by atoms with Gasteiger partial charge in [0.05, 0.1) is 13.2 Å². The maximum Gasteiger partial charge on any atom is 0.323 e. The quantitative estimate of drug-likeness (QED) is 0.616. The smallest absolute Gasteiger partial charge is 0.323 e.